The molecule has 0 aliphatic heterocycles. The molecular weight excluding hydrogens is 415 g/mol. The van der Waals surface area contributed by atoms with Crippen LogP contribution in [0.1, 0.15) is 65.7 Å². The number of ketones is 3. The highest BCUT2D eigenvalue weighted by molar-refractivity contribution is 6.03. The summed E-state index contributed by atoms with van der Waals surface area (Å²) in [4.78, 5) is 50.1. The summed E-state index contributed by atoms with van der Waals surface area (Å²) >= 11 is 0. The summed E-state index contributed by atoms with van der Waals surface area (Å²) in [6.07, 6.45) is 6.16. The highest BCUT2D eigenvalue weighted by atomic mass is 19.1. The number of alkyl halides is 1. The van der Waals surface area contributed by atoms with Crippen molar-refractivity contribution in [3.05, 3.63) is 23.8 Å². The Labute approximate surface area is 187 Å². The minimum Gasteiger partial charge on any atom is -0.458 e. The van der Waals surface area contributed by atoms with Gasteiger partial charge in [0.25, 0.3) is 0 Å². The molecule has 4 aliphatic rings. The third-order valence-electron chi connectivity index (χ3n) is 8.84. The molecule has 4 rings (SSSR count). The molecule has 174 valence electrons. The van der Waals surface area contributed by atoms with Crippen molar-refractivity contribution in [2.45, 2.75) is 77.0 Å². The highest BCUT2D eigenvalue weighted by Gasteiger charge is 2.74. The summed E-state index contributed by atoms with van der Waals surface area (Å²) in [6.45, 7) is 4.64. The first-order valence-electron chi connectivity index (χ1n) is 11.5. The molecule has 0 radical (unpaired) electrons. The van der Waals surface area contributed by atoms with Gasteiger partial charge in [-0.05, 0) is 57.1 Å². The minimum absolute atomic E-state index is 0.103. The molecule has 4 aliphatic carbocycles. The third kappa shape index (κ3) is 2.86. The van der Waals surface area contributed by atoms with E-state index in [4.69, 9.17) is 4.74 Å². The van der Waals surface area contributed by atoms with Crippen molar-refractivity contribution in [1.82, 2.24) is 0 Å². The van der Waals surface area contributed by atoms with E-state index in [1.165, 1.54) is 18.2 Å². The number of halogens is 1. The van der Waals surface area contributed by atoms with Crippen LogP contribution in [-0.4, -0.2) is 46.3 Å². The normalized spacial score (nSPS) is 42.6. The monoisotopic (exact) mass is 446 g/mol. The lowest BCUT2D eigenvalue weighted by molar-refractivity contribution is -0.185. The number of aliphatic hydroxyl groups is 1. The molecule has 32 heavy (non-hydrogen) atoms. The second-order valence-corrected chi connectivity index (χ2v) is 10.3. The van der Waals surface area contributed by atoms with Crippen molar-refractivity contribution >= 4 is 23.3 Å². The summed E-state index contributed by atoms with van der Waals surface area (Å²) in [5.41, 5.74) is -5.75. The van der Waals surface area contributed by atoms with Crippen LogP contribution in [0.5, 0.6) is 0 Å². The molecule has 1 N–H and O–H groups in total. The molecule has 6 nitrogen and oxygen atoms in total. The predicted octanol–water partition coefficient (Wildman–Crippen LogP) is 3.21. The van der Waals surface area contributed by atoms with E-state index in [0.29, 0.717) is 31.3 Å². The standard InChI is InChI=1S/C25H31FO6/c1-4-5-21(30)32-14-20(29)24(31)11-9-17-18-7-6-15-12-16(27)8-10-22(15,2)25(18,26)19(28)13-23(17,24)3/h8,10,12,17-18,31H,4-7,9,11,13-14H2,1-3H3/t17-,18-,22-,23-,24-,25-/m0/s1. The number of carbonyl (C=O) groups is 4. The molecule has 0 aromatic rings. The molecule has 0 heterocycles. The van der Waals surface area contributed by atoms with Crippen molar-refractivity contribution < 1.29 is 33.4 Å². The Bertz CT molecular complexity index is 952. The second kappa shape index (κ2) is 7.44. The van der Waals surface area contributed by atoms with Crippen LogP contribution in [0.3, 0.4) is 0 Å². The van der Waals surface area contributed by atoms with E-state index in [9.17, 15) is 24.3 Å². The van der Waals surface area contributed by atoms with E-state index in [1.807, 2.05) is 6.92 Å². The number of Topliss-reactive ketones (excluding diaryl/α,β-unsaturated/α-hetero) is 2. The smallest absolute Gasteiger partial charge is 0.306 e. The summed E-state index contributed by atoms with van der Waals surface area (Å²) < 4.78 is 21.9. The Morgan fingerprint density at radius 2 is 1.94 bits per heavy atom. The number of rotatable bonds is 5. The topological polar surface area (TPSA) is 97.7 Å². The average molecular weight is 447 g/mol. The van der Waals surface area contributed by atoms with Gasteiger partial charge in [0, 0.05) is 29.6 Å². The van der Waals surface area contributed by atoms with E-state index in [-0.39, 0.29) is 31.0 Å². The van der Waals surface area contributed by atoms with Crippen LogP contribution in [0.2, 0.25) is 0 Å². The number of hydrogen-bond acceptors (Lipinski definition) is 6. The van der Waals surface area contributed by atoms with Crippen molar-refractivity contribution in [2.24, 2.45) is 22.7 Å². The molecule has 0 aromatic heterocycles. The zero-order valence-corrected chi connectivity index (χ0v) is 18.9. The molecule has 0 amide bonds. The molecule has 0 unspecified atom stereocenters. The second-order valence-electron chi connectivity index (χ2n) is 10.3. The van der Waals surface area contributed by atoms with Crippen LogP contribution >= 0.6 is 0 Å². The Kier molecular flexibility index (Phi) is 5.35. The quantitative estimate of drug-likeness (QED) is 0.652. The van der Waals surface area contributed by atoms with Crippen molar-refractivity contribution in [3.8, 4) is 0 Å². The van der Waals surface area contributed by atoms with E-state index >= 15 is 4.39 Å². The van der Waals surface area contributed by atoms with E-state index in [1.54, 1.807) is 13.8 Å². The molecule has 0 bridgehead atoms. The summed E-state index contributed by atoms with van der Waals surface area (Å²) in [5, 5.41) is 11.5. The average Bonchev–Trinajstić information content (AvgIpc) is 3.00. The molecule has 3 saturated carbocycles. The van der Waals surface area contributed by atoms with Gasteiger partial charge in [0.1, 0.15) is 5.60 Å². The zero-order valence-electron chi connectivity index (χ0n) is 18.9. The van der Waals surface area contributed by atoms with Gasteiger partial charge < -0.3 is 9.84 Å². The lowest BCUT2D eigenvalue weighted by atomic mass is 9.45. The fraction of sp³-hybridized carbons (Fsp3) is 0.680. The van der Waals surface area contributed by atoms with Gasteiger partial charge >= 0.3 is 5.97 Å². The van der Waals surface area contributed by atoms with Gasteiger partial charge in [-0.3, -0.25) is 19.2 Å². The van der Waals surface area contributed by atoms with E-state index < -0.39 is 52.2 Å². The van der Waals surface area contributed by atoms with Gasteiger partial charge in [-0.1, -0.05) is 25.5 Å². The van der Waals surface area contributed by atoms with Crippen LogP contribution in [0.4, 0.5) is 4.39 Å². The van der Waals surface area contributed by atoms with Gasteiger partial charge in [-0.2, -0.15) is 0 Å². The molecule has 6 atom stereocenters. The largest absolute Gasteiger partial charge is 0.458 e. The van der Waals surface area contributed by atoms with Gasteiger partial charge in [0.2, 0.25) is 5.78 Å². The van der Waals surface area contributed by atoms with Crippen LogP contribution in [-0.2, 0) is 23.9 Å². The zero-order chi connectivity index (χ0) is 23.5. The first-order chi connectivity index (χ1) is 14.9. The number of carbonyl (C=O) groups excluding carboxylic acids is 4. The molecule has 7 heteroatoms. The Hall–Kier alpha value is -2.15. The van der Waals surface area contributed by atoms with Crippen LogP contribution < -0.4 is 0 Å². The first-order valence-corrected chi connectivity index (χ1v) is 11.5. The number of esters is 1. The fourth-order valence-corrected chi connectivity index (χ4v) is 6.94. The Morgan fingerprint density at radius 1 is 1.22 bits per heavy atom. The number of ether oxygens (including phenoxy) is 1. The molecule has 0 saturated heterocycles. The maximum atomic E-state index is 16.9. The summed E-state index contributed by atoms with van der Waals surface area (Å²) in [7, 11) is 0. The Balaban J connectivity index is 1.65. The molecule has 3 fully saturated rings. The SMILES string of the molecule is CCCC(=O)OCC(=O)[C@@]1(O)CC[C@H]2[C@@H]3CCC4=CC(=O)C=C[C@]4(C)[C@@]3(F)C(=O)C[C@@]21C. The number of hydrogen-bond donors (Lipinski definition) is 1. The van der Waals surface area contributed by atoms with Gasteiger partial charge in [-0.15, -0.1) is 0 Å². The van der Waals surface area contributed by atoms with Crippen molar-refractivity contribution in [2.75, 3.05) is 6.61 Å². The van der Waals surface area contributed by atoms with Crippen molar-refractivity contribution in [3.63, 3.8) is 0 Å². The van der Waals surface area contributed by atoms with Gasteiger partial charge in [0.05, 0.1) is 0 Å². The van der Waals surface area contributed by atoms with Crippen LogP contribution in [0.15, 0.2) is 23.8 Å². The number of fused-ring (bicyclic) bond motifs is 5. The van der Waals surface area contributed by atoms with Crippen molar-refractivity contribution in [1.29, 1.82) is 0 Å². The molecule has 0 spiro atoms. The van der Waals surface area contributed by atoms with E-state index in [0.717, 1.165) is 0 Å². The maximum absolute atomic E-state index is 16.9. The fourth-order valence-electron chi connectivity index (χ4n) is 6.94. The van der Waals surface area contributed by atoms with Crippen LogP contribution in [0.25, 0.3) is 0 Å². The predicted molar refractivity (Wildman–Crippen MR) is 113 cm³/mol. The van der Waals surface area contributed by atoms with E-state index in [2.05, 4.69) is 0 Å². The maximum Gasteiger partial charge on any atom is 0.306 e. The lowest BCUT2D eigenvalue weighted by Crippen LogP contribution is -2.67. The Morgan fingerprint density at radius 3 is 2.62 bits per heavy atom. The molecule has 0 aromatic carbocycles. The molecular formula is C25H31FO6. The van der Waals surface area contributed by atoms with Gasteiger partial charge in [0.15, 0.2) is 23.8 Å². The summed E-state index contributed by atoms with van der Waals surface area (Å²) in [6, 6.07) is 0. The lowest BCUT2D eigenvalue weighted by Gasteiger charge is -2.59. The minimum atomic E-state index is -2.19. The highest BCUT2D eigenvalue weighted by Crippen LogP contribution is 2.68. The number of allylic oxidation sites excluding steroid dienone is 4. The van der Waals surface area contributed by atoms with Gasteiger partial charge in [-0.25, -0.2) is 4.39 Å². The third-order valence-corrected chi connectivity index (χ3v) is 8.84. The summed E-state index contributed by atoms with van der Waals surface area (Å²) in [5.74, 6) is -3.02. The van der Waals surface area contributed by atoms with Crippen LogP contribution in [0, 0.1) is 22.7 Å². The first kappa shape index (κ1) is 23.0.